The molecular formula is C35H34N2. The first kappa shape index (κ1) is 22.7. The second-order valence-electron chi connectivity index (χ2n) is 10.9. The minimum absolute atomic E-state index is 0.514. The summed E-state index contributed by atoms with van der Waals surface area (Å²) in [6, 6.07) is 39.2. The Morgan fingerprint density at radius 1 is 0.595 bits per heavy atom. The van der Waals surface area contributed by atoms with Gasteiger partial charge in [-0.2, -0.15) is 0 Å². The highest BCUT2D eigenvalue weighted by molar-refractivity contribution is 6.08. The van der Waals surface area contributed by atoms with E-state index in [2.05, 4.69) is 113 Å². The number of rotatable bonds is 4. The molecule has 0 amide bonds. The van der Waals surface area contributed by atoms with Crippen molar-refractivity contribution in [2.75, 3.05) is 0 Å². The van der Waals surface area contributed by atoms with Crippen molar-refractivity contribution in [3.63, 3.8) is 0 Å². The molecule has 37 heavy (non-hydrogen) atoms. The third-order valence-electron chi connectivity index (χ3n) is 8.64. The zero-order chi connectivity index (χ0) is 24.6. The van der Waals surface area contributed by atoms with Crippen LogP contribution in [0.2, 0.25) is 0 Å². The normalized spacial score (nSPS) is 19.9. The molecule has 1 aliphatic heterocycles. The molecule has 2 nitrogen and oxygen atoms in total. The van der Waals surface area contributed by atoms with Crippen molar-refractivity contribution in [3.05, 3.63) is 120 Å². The quantitative estimate of drug-likeness (QED) is 0.279. The maximum atomic E-state index is 3.97. The topological polar surface area (TPSA) is 15.3 Å². The van der Waals surface area contributed by atoms with Crippen LogP contribution in [-0.2, 0) is 19.6 Å². The van der Waals surface area contributed by atoms with Gasteiger partial charge < -0.3 is 5.32 Å². The van der Waals surface area contributed by atoms with E-state index < -0.39 is 0 Å². The summed E-state index contributed by atoms with van der Waals surface area (Å²) in [5.41, 5.74) is 7.17. The van der Waals surface area contributed by atoms with Crippen LogP contribution in [0.3, 0.4) is 0 Å². The van der Waals surface area contributed by atoms with E-state index in [0.29, 0.717) is 12.1 Å². The highest BCUT2D eigenvalue weighted by Gasteiger charge is 2.33. The molecule has 0 bridgehead atoms. The predicted octanol–water partition coefficient (Wildman–Crippen LogP) is 8.08. The van der Waals surface area contributed by atoms with Gasteiger partial charge in [0.15, 0.2) is 0 Å². The Hall–Kier alpha value is -3.46. The third kappa shape index (κ3) is 4.25. The van der Waals surface area contributed by atoms with Crippen LogP contribution in [0.4, 0.5) is 0 Å². The monoisotopic (exact) mass is 482 g/mol. The van der Waals surface area contributed by atoms with Crippen LogP contribution < -0.4 is 5.32 Å². The zero-order valence-corrected chi connectivity index (χ0v) is 21.4. The van der Waals surface area contributed by atoms with Crippen molar-refractivity contribution in [1.82, 2.24) is 10.2 Å². The molecule has 2 atom stereocenters. The van der Waals surface area contributed by atoms with E-state index in [-0.39, 0.29) is 0 Å². The lowest BCUT2D eigenvalue weighted by Gasteiger charge is -2.40. The molecule has 2 heteroatoms. The highest BCUT2D eigenvalue weighted by Crippen LogP contribution is 2.43. The Morgan fingerprint density at radius 3 is 1.81 bits per heavy atom. The molecule has 2 aliphatic rings. The van der Waals surface area contributed by atoms with Crippen LogP contribution >= 0.6 is 0 Å². The minimum Gasteiger partial charge on any atom is -0.308 e. The Morgan fingerprint density at radius 2 is 1.16 bits per heavy atom. The SMILES string of the molecule is c1ccc(CN[C@@H]2CCCC[C@H]2N2Cc3ccc4ccccc4c3-c3c(ccc4ccccc34)C2)cc1. The minimum atomic E-state index is 0.514. The van der Waals surface area contributed by atoms with E-state index >= 15 is 0 Å². The fourth-order valence-electron chi connectivity index (χ4n) is 6.85. The highest BCUT2D eigenvalue weighted by atomic mass is 15.2. The second kappa shape index (κ2) is 9.78. The first-order chi connectivity index (χ1) is 18.3. The van der Waals surface area contributed by atoms with Crippen molar-refractivity contribution in [2.24, 2.45) is 0 Å². The summed E-state index contributed by atoms with van der Waals surface area (Å²) in [6.45, 7) is 2.94. The van der Waals surface area contributed by atoms with Gasteiger partial charge >= 0.3 is 0 Å². The van der Waals surface area contributed by atoms with Gasteiger partial charge in [-0.15, -0.1) is 0 Å². The number of fused-ring (bicyclic) bond motifs is 7. The Labute approximate surface area is 219 Å². The first-order valence-electron chi connectivity index (χ1n) is 13.9. The van der Waals surface area contributed by atoms with Gasteiger partial charge in [0, 0.05) is 31.7 Å². The summed E-state index contributed by atoms with van der Waals surface area (Å²) in [4.78, 5) is 2.79. The maximum Gasteiger partial charge on any atom is 0.0256 e. The fraction of sp³-hybridized carbons (Fsp3) is 0.257. The largest absolute Gasteiger partial charge is 0.308 e. The Kier molecular flexibility index (Phi) is 6.00. The lowest BCUT2D eigenvalue weighted by molar-refractivity contribution is 0.107. The molecule has 5 aromatic rings. The molecule has 1 saturated carbocycles. The lowest BCUT2D eigenvalue weighted by atomic mass is 9.88. The van der Waals surface area contributed by atoms with Crippen LogP contribution in [0.25, 0.3) is 32.7 Å². The van der Waals surface area contributed by atoms with Crippen LogP contribution in [0.5, 0.6) is 0 Å². The number of hydrogen-bond donors (Lipinski definition) is 1. The number of benzene rings is 5. The Bertz CT molecular complexity index is 1470. The van der Waals surface area contributed by atoms with Crippen molar-refractivity contribution in [1.29, 1.82) is 0 Å². The van der Waals surface area contributed by atoms with E-state index in [0.717, 1.165) is 19.6 Å². The van der Waals surface area contributed by atoms with Gasteiger partial charge in [0.1, 0.15) is 0 Å². The van der Waals surface area contributed by atoms with E-state index in [9.17, 15) is 0 Å². The van der Waals surface area contributed by atoms with Crippen molar-refractivity contribution >= 4 is 21.5 Å². The molecule has 5 aromatic carbocycles. The van der Waals surface area contributed by atoms with Gasteiger partial charge in [-0.25, -0.2) is 0 Å². The van der Waals surface area contributed by atoms with Gasteiger partial charge in [0.2, 0.25) is 0 Å². The van der Waals surface area contributed by atoms with Gasteiger partial charge in [-0.05, 0) is 62.2 Å². The van der Waals surface area contributed by atoms with E-state index in [1.807, 2.05) is 0 Å². The van der Waals surface area contributed by atoms with Crippen LogP contribution in [0.15, 0.2) is 103 Å². The number of nitrogens with zero attached hydrogens (tertiary/aromatic N) is 1. The molecule has 1 heterocycles. The molecular weight excluding hydrogens is 448 g/mol. The molecule has 1 aliphatic carbocycles. The van der Waals surface area contributed by atoms with Gasteiger partial charge in [-0.1, -0.05) is 116 Å². The summed E-state index contributed by atoms with van der Waals surface area (Å²) in [5.74, 6) is 0. The van der Waals surface area contributed by atoms with E-state index in [1.54, 1.807) is 0 Å². The predicted molar refractivity (Wildman–Crippen MR) is 155 cm³/mol. The fourth-order valence-corrected chi connectivity index (χ4v) is 6.85. The summed E-state index contributed by atoms with van der Waals surface area (Å²) in [6.07, 6.45) is 5.15. The molecule has 1 fully saturated rings. The van der Waals surface area contributed by atoms with Crippen LogP contribution in [0, 0.1) is 0 Å². The average Bonchev–Trinajstić information content (AvgIpc) is 3.14. The molecule has 184 valence electrons. The summed E-state index contributed by atoms with van der Waals surface area (Å²) >= 11 is 0. The molecule has 1 N–H and O–H groups in total. The second-order valence-corrected chi connectivity index (χ2v) is 10.9. The van der Waals surface area contributed by atoms with Gasteiger partial charge in [0.25, 0.3) is 0 Å². The van der Waals surface area contributed by atoms with E-state index in [1.165, 1.54) is 75.0 Å². The van der Waals surface area contributed by atoms with E-state index in [4.69, 9.17) is 0 Å². The zero-order valence-electron chi connectivity index (χ0n) is 21.4. The maximum absolute atomic E-state index is 3.97. The van der Waals surface area contributed by atoms with Crippen LogP contribution in [0.1, 0.15) is 42.4 Å². The molecule has 0 aromatic heterocycles. The molecule has 7 rings (SSSR count). The molecule has 0 unspecified atom stereocenters. The van der Waals surface area contributed by atoms with Crippen LogP contribution in [-0.4, -0.2) is 17.0 Å². The van der Waals surface area contributed by atoms with Crippen molar-refractivity contribution in [3.8, 4) is 11.1 Å². The standard InChI is InChI=1S/C35H34N2/c1-2-10-25(11-3-1)22-36-32-16-8-9-17-33(32)37-23-28-20-18-26-12-4-6-14-30(26)34(28)35-29(24-37)21-19-27-13-5-7-15-31(27)35/h1-7,10-15,18-21,32-33,36H,8-9,16-17,22-24H2/t32-,33-/m1/s1. The Balaban J connectivity index is 1.33. The molecule has 0 spiro atoms. The summed E-state index contributed by atoms with van der Waals surface area (Å²) in [5, 5.41) is 9.38. The first-order valence-corrected chi connectivity index (χ1v) is 13.9. The number of nitrogens with one attached hydrogen (secondary N) is 1. The third-order valence-corrected chi connectivity index (χ3v) is 8.64. The smallest absolute Gasteiger partial charge is 0.0256 e. The average molecular weight is 483 g/mol. The summed E-state index contributed by atoms with van der Waals surface area (Å²) in [7, 11) is 0. The lowest BCUT2D eigenvalue weighted by Crippen LogP contribution is -2.50. The molecule has 0 saturated heterocycles. The number of hydrogen-bond acceptors (Lipinski definition) is 2. The van der Waals surface area contributed by atoms with Crippen molar-refractivity contribution in [2.45, 2.75) is 57.4 Å². The van der Waals surface area contributed by atoms with Gasteiger partial charge in [0.05, 0.1) is 0 Å². The molecule has 0 radical (unpaired) electrons. The van der Waals surface area contributed by atoms with Crippen molar-refractivity contribution < 1.29 is 0 Å². The summed E-state index contributed by atoms with van der Waals surface area (Å²) < 4.78 is 0. The van der Waals surface area contributed by atoms with Gasteiger partial charge in [-0.3, -0.25) is 4.90 Å².